The molecular formula is C12H9ClN2O2. The summed E-state index contributed by atoms with van der Waals surface area (Å²) in [7, 11) is 1.31. The molecule has 0 fully saturated rings. The second-order valence-corrected chi connectivity index (χ2v) is 3.66. The van der Waals surface area contributed by atoms with Crippen LogP contribution in [0.2, 0.25) is 5.02 Å². The Morgan fingerprint density at radius 3 is 2.59 bits per heavy atom. The number of hydrogen-bond acceptors (Lipinski definition) is 4. The molecule has 86 valence electrons. The van der Waals surface area contributed by atoms with Gasteiger partial charge in [0.1, 0.15) is 5.69 Å². The van der Waals surface area contributed by atoms with Crippen LogP contribution in [0.3, 0.4) is 0 Å². The number of carbonyl (C=O) groups is 1. The zero-order chi connectivity index (χ0) is 12.3. The Labute approximate surface area is 103 Å². The van der Waals surface area contributed by atoms with Crippen molar-refractivity contribution in [3.63, 3.8) is 0 Å². The van der Waals surface area contributed by atoms with Crippen molar-refractivity contribution in [3.8, 4) is 11.3 Å². The van der Waals surface area contributed by atoms with Crippen molar-refractivity contribution < 1.29 is 9.53 Å². The Morgan fingerprint density at radius 2 is 1.94 bits per heavy atom. The molecule has 5 heteroatoms. The monoisotopic (exact) mass is 248 g/mol. The van der Waals surface area contributed by atoms with E-state index < -0.39 is 5.97 Å². The molecule has 2 aromatic heterocycles. The van der Waals surface area contributed by atoms with Crippen LogP contribution >= 0.6 is 11.6 Å². The van der Waals surface area contributed by atoms with E-state index in [1.165, 1.54) is 13.2 Å². The maximum atomic E-state index is 11.4. The summed E-state index contributed by atoms with van der Waals surface area (Å²) in [6.45, 7) is 0. The van der Waals surface area contributed by atoms with Crippen molar-refractivity contribution in [1.82, 2.24) is 9.97 Å². The molecule has 0 aliphatic heterocycles. The van der Waals surface area contributed by atoms with Crippen molar-refractivity contribution in [2.24, 2.45) is 0 Å². The Bertz CT molecular complexity index is 543. The minimum atomic E-state index is -0.489. The van der Waals surface area contributed by atoms with Gasteiger partial charge in [0.2, 0.25) is 0 Å². The molecule has 2 heterocycles. The summed E-state index contributed by atoms with van der Waals surface area (Å²) in [6, 6.07) is 6.69. The number of nitrogens with zero attached hydrogens (tertiary/aromatic N) is 2. The van der Waals surface area contributed by atoms with Crippen LogP contribution in [0.5, 0.6) is 0 Å². The van der Waals surface area contributed by atoms with E-state index in [9.17, 15) is 4.79 Å². The fraction of sp³-hybridized carbons (Fsp3) is 0.0833. The number of hydrogen-bond donors (Lipinski definition) is 0. The highest BCUT2D eigenvalue weighted by Gasteiger charge is 2.11. The number of pyridine rings is 2. The lowest BCUT2D eigenvalue weighted by atomic mass is 10.1. The molecule has 2 rings (SSSR count). The van der Waals surface area contributed by atoms with Crippen LogP contribution in [0.1, 0.15) is 10.5 Å². The quantitative estimate of drug-likeness (QED) is 0.767. The number of carbonyl (C=O) groups excluding carboxylic acids is 1. The second-order valence-electron chi connectivity index (χ2n) is 3.25. The van der Waals surface area contributed by atoms with Crippen molar-refractivity contribution in [2.45, 2.75) is 0 Å². The van der Waals surface area contributed by atoms with Crippen LogP contribution in [0.4, 0.5) is 0 Å². The van der Waals surface area contributed by atoms with Gasteiger partial charge in [-0.1, -0.05) is 11.6 Å². The normalized spacial score (nSPS) is 10.0. The topological polar surface area (TPSA) is 52.1 Å². The van der Waals surface area contributed by atoms with Crippen molar-refractivity contribution in [3.05, 3.63) is 47.4 Å². The predicted octanol–water partition coefficient (Wildman–Crippen LogP) is 2.58. The summed E-state index contributed by atoms with van der Waals surface area (Å²) in [5, 5.41) is 0.476. The Morgan fingerprint density at radius 1 is 1.24 bits per heavy atom. The molecule has 0 saturated heterocycles. The van der Waals surface area contributed by atoms with Gasteiger partial charge in [0.15, 0.2) is 0 Å². The van der Waals surface area contributed by atoms with Crippen LogP contribution in [-0.2, 0) is 4.74 Å². The average molecular weight is 249 g/mol. The van der Waals surface area contributed by atoms with E-state index in [1.54, 1.807) is 30.6 Å². The van der Waals surface area contributed by atoms with Gasteiger partial charge in [-0.2, -0.15) is 0 Å². The third-order valence-electron chi connectivity index (χ3n) is 2.19. The van der Waals surface area contributed by atoms with E-state index in [-0.39, 0.29) is 5.69 Å². The molecule has 0 saturated carbocycles. The molecule has 4 nitrogen and oxygen atoms in total. The van der Waals surface area contributed by atoms with Crippen molar-refractivity contribution in [1.29, 1.82) is 0 Å². The second kappa shape index (κ2) is 4.93. The average Bonchev–Trinajstić information content (AvgIpc) is 2.39. The van der Waals surface area contributed by atoms with Crippen LogP contribution in [0, 0.1) is 0 Å². The number of halogens is 1. The Balaban J connectivity index is 2.50. The molecule has 0 amide bonds. The van der Waals surface area contributed by atoms with Crippen molar-refractivity contribution in [2.75, 3.05) is 7.11 Å². The fourth-order valence-electron chi connectivity index (χ4n) is 1.37. The van der Waals surface area contributed by atoms with Crippen molar-refractivity contribution >= 4 is 17.6 Å². The first-order chi connectivity index (χ1) is 8.22. The van der Waals surface area contributed by atoms with Crippen LogP contribution in [0.25, 0.3) is 11.3 Å². The molecule has 0 atom stereocenters. The Hall–Kier alpha value is -1.94. The highest BCUT2D eigenvalue weighted by Crippen LogP contribution is 2.25. The molecule has 0 spiro atoms. The summed E-state index contributed by atoms with van der Waals surface area (Å²) in [5.41, 5.74) is 1.57. The molecular weight excluding hydrogens is 240 g/mol. The smallest absolute Gasteiger partial charge is 0.356 e. The van der Waals surface area contributed by atoms with Crippen LogP contribution < -0.4 is 0 Å². The molecule has 17 heavy (non-hydrogen) atoms. The summed E-state index contributed by atoms with van der Waals surface area (Å²) >= 11 is 6.04. The largest absolute Gasteiger partial charge is 0.464 e. The van der Waals surface area contributed by atoms with E-state index in [4.69, 9.17) is 11.6 Å². The minimum absolute atomic E-state index is 0.226. The third-order valence-corrected chi connectivity index (χ3v) is 2.50. The number of ether oxygens (including phenoxy) is 1. The van der Waals surface area contributed by atoms with E-state index in [2.05, 4.69) is 14.7 Å². The first kappa shape index (κ1) is 11.5. The molecule has 0 aliphatic rings. The lowest BCUT2D eigenvalue weighted by Crippen LogP contribution is -2.04. The first-order valence-electron chi connectivity index (χ1n) is 4.87. The Kier molecular flexibility index (Phi) is 3.35. The van der Waals surface area contributed by atoms with E-state index in [0.29, 0.717) is 10.7 Å². The van der Waals surface area contributed by atoms with Gasteiger partial charge in [-0.15, -0.1) is 0 Å². The zero-order valence-electron chi connectivity index (χ0n) is 9.05. The number of aromatic nitrogens is 2. The van der Waals surface area contributed by atoms with E-state index in [0.717, 1.165) is 5.56 Å². The van der Waals surface area contributed by atoms with E-state index in [1.807, 2.05) is 0 Å². The lowest BCUT2D eigenvalue weighted by Gasteiger charge is -2.05. The maximum absolute atomic E-state index is 11.4. The lowest BCUT2D eigenvalue weighted by molar-refractivity contribution is 0.0594. The minimum Gasteiger partial charge on any atom is -0.464 e. The summed E-state index contributed by atoms with van der Waals surface area (Å²) in [5.74, 6) is -0.489. The summed E-state index contributed by atoms with van der Waals surface area (Å²) < 4.78 is 4.61. The summed E-state index contributed by atoms with van der Waals surface area (Å²) in [6.07, 6.45) is 3.27. The molecule has 0 radical (unpaired) electrons. The number of methoxy groups -OCH3 is 1. The molecule has 0 N–H and O–H groups in total. The molecule has 0 aromatic carbocycles. The van der Waals surface area contributed by atoms with Gasteiger partial charge in [-0.05, 0) is 24.3 Å². The van der Waals surface area contributed by atoms with Gasteiger partial charge in [-0.3, -0.25) is 4.98 Å². The molecule has 0 aliphatic carbocycles. The van der Waals surface area contributed by atoms with Gasteiger partial charge >= 0.3 is 5.97 Å². The molecule has 0 bridgehead atoms. The van der Waals surface area contributed by atoms with Crippen LogP contribution in [0.15, 0.2) is 36.7 Å². The number of rotatable bonds is 2. The summed E-state index contributed by atoms with van der Waals surface area (Å²) in [4.78, 5) is 19.5. The molecule has 0 unspecified atom stereocenters. The molecule has 2 aromatic rings. The zero-order valence-corrected chi connectivity index (χ0v) is 9.81. The number of esters is 1. The highest BCUT2D eigenvalue weighted by atomic mass is 35.5. The van der Waals surface area contributed by atoms with Gasteiger partial charge in [0.25, 0.3) is 0 Å². The SMILES string of the molecule is COC(=O)c1ccc(Cl)c(-c2ccncc2)n1. The van der Waals surface area contributed by atoms with Crippen LogP contribution in [-0.4, -0.2) is 23.0 Å². The van der Waals surface area contributed by atoms with Gasteiger partial charge in [-0.25, -0.2) is 9.78 Å². The third kappa shape index (κ3) is 2.42. The highest BCUT2D eigenvalue weighted by molar-refractivity contribution is 6.33. The first-order valence-corrected chi connectivity index (χ1v) is 5.25. The van der Waals surface area contributed by atoms with Gasteiger partial charge in [0, 0.05) is 18.0 Å². The van der Waals surface area contributed by atoms with Gasteiger partial charge < -0.3 is 4.74 Å². The standard InChI is InChI=1S/C12H9ClN2O2/c1-17-12(16)10-3-2-9(13)11(15-10)8-4-6-14-7-5-8/h2-7H,1H3. The van der Waals surface area contributed by atoms with E-state index >= 15 is 0 Å². The maximum Gasteiger partial charge on any atom is 0.356 e. The van der Waals surface area contributed by atoms with Gasteiger partial charge in [0.05, 0.1) is 17.8 Å². The predicted molar refractivity (Wildman–Crippen MR) is 63.8 cm³/mol. The fourth-order valence-corrected chi connectivity index (χ4v) is 1.59.